The largest absolute Gasteiger partial charge is 0.394 e. The summed E-state index contributed by atoms with van der Waals surface area (Å²) in [4.78, 5) is 2.23. The van der Waals surface area contributed by atoms with E-state index in [9.17, 15) is 5.11 Å². The maximum atomic E-state index is 9.28. The van der Waals surface area contributed by atoms with E-state index in [4.69, 9.17) is 16.3 Å². The van der Waals surface area contributed by atoms with E-state index in [-0.39, 0.29) is 12.7 Å². The molecule has 1 aromatic carbocycles. The van der Waals surface area contributed by atoms with E-state index in [0.717, 1.165) is 23.8 Å². The second kappa shape index (κ2) is 6.31. The summed E-state index contributed by atoms with van der Waals surface area (Å²) < 4.78 is 5.52. The minimum atomic E-state index is -0.121. The molecular weight excluding hydrogens is 276 g/mol. The number of anilines is 1. The fourth-order valence-electron chi connectivity index (χ4n) is 2.63. The van der Waals surface area contributed by atoms with Gasteiger partial charge in [-0.25, -0.2) is 0 Å². The third-order valence-corrected chi connectivity index (χ3v) is 4.19. The van der Waals surface area contributed by atoms with Crippen LogP contribution in [0.1, 0.15) is 18.4 Å². The number of ether oxygens (including phenoxy) is 1. The summed E-state index contributed by atoms with van der Waals surface area (Å²) >= 11 is 6.41. The number of halogens is 1. The molecule has 2 fully saturated rings. The fraction of sp³-hybridized carbons (Fsp3) is 0.600. The lowest BCUT2D eigenvalue weighted by Crippen LogP contribution is -2.44. The third kappa shape index (κ3) is 3.26. The highest BCUT2D eigenvalue weighted by molar-refractivity contribution is 6.33. The monoisotopic (exact) mass is 296 g/mol. The van der Waals surface area contributed by atoms with Crippen molar-refractivity contribution in [1.29, 1.82) is 0 Å². The number of para-hydroxylation sites is 1. The van der Waals surface area contributed by atoms with Gasteiger partial charge in [0.25, 0.3) is 0 Å². The molecule has 1 aliphatic heterocycles. The van der Waals surface area contributed by atoms with Crippen molar-refractivity contribution >= 4 is 17.3 Å². The Labute approximate surface area is 124 Å². The van der Waals surface area contributed by atoms with Crippen molar-refractivity contribution in [3.63, 3.8) is 0 Å². The molecule has 1 atom stereocenters. The van der Waals surface area contributed by atoms with Gasteiger partial charge in [-0.05, 0) is 24.5 Å². The number of benzene rings is 1. The number of aliphatic hydroxyl groups is 1. The quantitative estimate of drug-likeness (QED) is 0.869. The van der Waals surface area contributed by atoms with Crippen LogP contribution in [-0.2, 0) is 11.3 Å². The maximum absolute atomic E-state index is 9.28. The van der Waals surface area contributed by atoms with Crippen LogP contribution in [0.25, 0.3) is 0 Å². The van der Waals surface area contributed by atoms with Gasteiger partial charge in [-0.15, -0.1) is 0 Å². The highest BCUT2D eigenvalue weighted by Crippen LogP contribution is 2.32. The Balaban J connectivity index is 1.78. The molecular formula is C15H21ClN2O2. The zero-order valence-corrected chi connectivity index (χ0v) is 12.3. The minimum Gasteiger partial charge on any atom is -0.394 e. The van der Waals surface area contributed by atoms with Crippen molar-refractivity contribution in [1.82, 2.24) is 5.32 Å². The number of hydrogen-bond donors (Lipinski definition) is 2. The van der Waals surface area contributed by atoms with Crippen molar-refractivity contribution in [2.24, 2.45) is 0 Å². The highest BCUT2D eigenvalue weighted by atomic mass is 35.5. The molecule has 20 heavy (non-hydrogen) atoms. The Morgan fingerprint density at radius 1 is 1.40 bits per heavy atom. The first-order valence-electron chi connectivity index (χ1n) is 7.26. The predicted octanol–water partition coefficient (Wildman–Crippen LogP) is 1.79. The van der Waals surface area contributed by atoms with Gasteiger partial charge in [0, 0.05) is 25.7 Å². The van der Waals surface area contributed by atoms with Gasteiger partial charge in [0.2, 0.25) is 0 Å². The first kappa shape index (κ1) is 14.1. The van der Waals surface area contributed by atoms with Gasteiger partial charge in [-0.3, -0.25) is 0 Å². The Kier molecular flexibility index (Phi) is 4.46. The van der Waals surface area contributed by atoms with Crippen LogP contribution in [0, 0.1) is 0 Å². The van der Waals surface area contributed by atoms with E-state index in [2.05, 4.69) is 16.3 Å². The Bertz CT molecular complexity index is 465. The number of rotatable bonds is 5. The van der Waals surface area contributed by atoms with Crippen molar-refractivity contribution in [2.75, 3.05) is 31.2 Å². The lowest BCUT2D eigenvalue weighted by molar-refractivity contribution is 0.00353. The average molecular weight is 297 g/mol. The zero-order chi connectivity index (χ0) is 13.9. The van der Waals surface area contributed by atoms with Crippen molar-refractivity contribution < 1.29 is 9.84 Å². The number of aliphatic hydroxyl groups excluding tert-OH is 1. The van der Waals surface area contributed by atoms with Crippen LogP contribution >= 0.6 is 11.6 Å². The first-order chi connectivity index (χ1) is 9.78. The van der Waals surface area contributed by atoms with E-state index >= 15 is 0 Å². The molecule has 1 aliphatic carbocycles. The van der Waals surface area contributed by atoms with Crippen molar-refractivity contribution in [2.45, 2.75) is 31.5 Å². The molecule has 1 heterocycles. The van der Waals surface area contributed by atoms with Crippen LogP contribution < -0.4 is 10.2 Å². The highest BCUT2D eigenvalue weighted by Gasteiger charge is 2.25. The summed E-state index contributed by atoms with van der Waals surface area (Å²) in [5, 5.41) is 13.6. The standard InChI is InChI=1S/C15H21ClN2O2/c16-14-3-1-2-11(8-17-12-4-5-12)15(14)18-6-7-20-13(9-18)10-19/h1-3,12-13,17,19H,4-10H2. The summed E-state index contributed by atoms with van der Waals surface area (Å²) in [5.74, 6) is 0. The molecule has 110 valence electrons. The zero-order valence-electron chi connectivity index (χ0n) is 11.5. The van der Waals surface area contributed by atoms with Crippen LogP contribution in [0.3, 0.4) is 0 Å². The molecule has 2 N–H and O–H groups in total. The summed E-state index contributed by atoms with van der Waals surface area (Å²) in [6.45, 7) is 3.04. The lowest BCUT2D eigenvalue weighted by atomic mass is 10.1. The summed E-state index contributed by atoms with van der Waals surface area (Å²) in [6.07, 6.45) is 2.43. The Morgan fingerprint density at radius 3 is 3.00 bits per heavy atom. The molecule has 0 spiro atoms. The smallest absolute Gasteiger partial charge is 0.0980 e. The van der Waals surface area contributed by atoms with Crippen LogP contribution in [0.5, 0.6) is 0 Å². The van der Waals surface area contributed by atoms with Gasteiger partial charge < -0.3 is 20.1 Å². The van der Waals surface area contributed by atoms with Gasteiger partial charge >= 0.3 is 0 Å². The Hall–Kier alpha value is -0.810. The van der Waals surface area contributed by atoms with Gasteiger partial charge in [0.15, 0.2) is 0 Å². The number of hydrogen-bond acceptors (Lipinski definition) is 4. The molecule has 2 aliphatic rings. The van der Waals surface area contributed by atoms with Crippen LogP contribution in [0.15, 0.2) is 18.2 Å². The van der Waals surface area contributed by atoms with Crippen LogP contribution in [-0.4, -0.2) is 43.6 Å². The molecule has 0 amide bonds. The van der Waals surface area contributed by atoms with E-state index in [1.54, 1.807) is 0 Å². The number of morpholine rings is 1. The second-order valence-electron chi connectivity index (χ2n) is 5.52. The molecule has 4 nitrogen and oxygen atoms in total. The molecule has 0 radical (unpaired) electrons. The average Bonchev–Trinajstić information content (AvgIpc) is 3.29. The number of nitrogens with zero attached hydrogens (tertiary/aromatic N) is 1. The fourth-order valence-corrected chi connectivity index (χ4v) is 2.95. The number of nitrogens with one attached hydrogen (secondary N) is 1. The topological polar surface area (TPSA) is 44.7 Å². The van der Waals surface area contributed by atoms with Crippen molar-refractivity contribution in [3.05, 3.63) is 28.8 Å². The molecule has 1 saturated carbocycles. The van der Waals surface area contributed by atoms with Gasteiger partial charge in [0.05, 0.1) is 30.0 Å². The molecule has 0 bridgehead atoms. The summed E-state index contributed by atoms with van der Waals surface area (Å²) in [5.41, 5.74) is 2.31. The van der Waals surface area contributed by atoms with Gasteiger partial charge in [-0.1, -0.05) is 23.7 Å². The van der Waals surface area contributed by atoms with E-state index < -0.39 is 0 Å². The van der Waals surface area contributed by atoms with E-state index in [0.29, 0.717) is 19.2 Å². The minimum absolute atomic E-state index is 0.0522. The maximum Gasteiger partial charge on any atom is 0.0980 e. The summed E-state index contributed by atoms with van der Waals surface area (Å²) in [6, 6.07) is 6.73. The molecule has 0 aromatic heterocycles. The van der Waals surface area contributed by atoms with E-state index in [1.165, 1.54) is 18.4 Å². The molecule has 5 heteroatoms. The van der Waals surface area contributed by atoms with Gasteiger partial charge in [-0.2, -0.15) is 0 Å². The second-order valence-corrected chi connectivity index (χ2v) is 5.93. The predicted molar refractivity (Wildman–Crippen MR) is 80.4 cm³/mol. The normalized spacial score (nSPS) is 23.1. The van der Waals surface area contributed by atoms with Gasteiger partial charge in [0.1, 0.15) is 0 Å². The van der Waals surface area contributed by atoms with E-state index in [1.807, 2.05) is 12.1 Å². The molecule has 3 rings (SSSR count). The molecule has 1 unspecified atom stereocenters. The SMILES string of the molecule is OCC1CN(c2c(Cl)cccc2CNC2CC2)CCO1. The molecule has 1 aromatic rings. The van der Waals surface area contributed by atoms with Crippen LogP contribution in [0.2, 0.25) is 5.02 Å². The lowest BCUT2D eigenvalue weighted by Gasteiger charge is -2.35. The Morgan fingerprint density at radius 2 is 2.25 bits per heavy atom. The van der Waals surface area contributed by atoms with Crippen molar-refractivity contribution in [3.8, 4) is 0 Å². The third-order valence-electron chi connectivity index (χ3n) is 3.89. The van der Waals surface area contributed by atoms with Crippen LogP contribution in [0.4, 0.5) is 5.69 Å². The summed E-state index contributed by atoms with van der Waals surface area (Å²) in [7, 11) is 0. The first-order valence-corrected chi connectivity index (χ1v) is 7.64. The molecule has 1 saturated heterocycles.